The van der Waals surface area contributed by atoms with Crippen LogP contribution in [0.4, 0.5) is 0 Å². The highest BCUT2D eigenvalue weighted by molar-refractivity contribution is 14.0. The molecule has 0 aromatic heterocycles. The molecule has 0 aliphatic rings. The van der Waals surface area contributed by atoms with E-state index < -0.39 is 0 Å². The summed E-state index contributed by atoms with van der Waals surface area (Å²) in [5.74, 6) is 0.819. The number of aliphatic imine (C=N–C) groups is 1. The minimum absolute atomic E-state index is 0. The summed E-state index contributed by atoms with van der Waals surface area (Å²) < 4.78 is 10.4. The number of nitrogens with zero attached hydrogens (tertiary/aromatic N) is 1. The van der Waals surface area contributed by atoms with Crippen molar-refractivity contribution in [1.29, 1.82) is 0 Å². The third kappa shape index (κ3) is 9.94. The Labute approximate surface area is 180 Å². The fraction of sp³-hybridized carbons (Fsp3) is 0.632. The summed E-state index contributed by atoms with van der Waals surface area (Å²) in [6.07, 6.45) is 0.919. The fourth-order valence-corrected chi connectivity index (χ4v) is 2.73. The fourth-order valence-electron chi connectivity index (χ4n) is 2.34. The summed E-state index contributed by atoms with van der Waals surface area (Å²) in [5, 5.41) is 7.41. The van der Waals surface area contributed by atoms with E-state index in [0.29, 0.717) is 26.4 Å². The van der Waals surface area contributed by atoms with Crippen LogP contribution in [0, 0.1) is 0 Å². The van der Waals surface area contributed by atoms with Crippen molar-refractivity contribution in [2.45, 2.75) is 32.6 Å². The van der Waals surface area contributed by atoms with Gasteiger partial charge in [-0.2, -0.15) is 0 Å². The summed E-state index contributed by atoms with van der Waals surface area (Å²) in [4.78, 5) is 4.72. The summed E-state index contributed by atoms with van der Waals surface area (Å²) in [6, 6.07) is 7.95. The maximum absolute atomic E-state index is 6.34. The van der Waals surface area contributed by atoms with Gasteiger partial charge in [0.25, 0.3) is 0 Å². The molecule has 0 saturated carbocycles. The van der Waals surface area contributed by atoms with Crippen molar-refractivity contribution >= 4 is 41.5 Å². The number of rotatable bonds is 11. The maximum Gasteiger partial charge on any atom is 0.191 e. The Hall–Kier alpha value is -0.570. The van der Waals surface area contributed by atoms with Crippen molar-refractivity contribution in [2.75, 3.05) is 46.6 Å². The highest BCUT2D eigenvalue weighted by Gasteiger charge is 2.22. The van der Waals surface area contributed by atoms with E-state index in [-0.39, 0.29) is 29.4 Å². The third-order valence-electron chi connectivity index (χ3n) is 3.77. The van der Waals surface area contributed by atoms with Gasteiger partial charge in [-0.3, -0.25) is 4.99 Å². The quantitative estimate of drug-likeness (QED) is 0.211. The predicted molar refractivity (Wildman–Crippen MR) is 121 cm³/mol. The zero-order valence-corrected chi connectivity index (χ0v) is 19.4. The minimum Gasteiger partial charge on any atom is -0.382 e. The summed E-state index contributed by atoms with van der Waals surface area (Å²) in [6.45, 7) is 10.6. The first kappa shape index (κ1) is 25.4. The lowest BCUT2D eigenvalue weighted by Crippen LogP contribution is -2.39. The van der Waals surface area contributed by atoms with Gasteiger partial charge in [0.1, 0.15) is 0 Å². The Morgan fingerprint density at radius 3 is 2.54 bits per heavy atom. The maximum atomic E-state index is 6.34. The number of hydrogen-bond acceptors (Lipinski definition) is 3. The molecule has 0 amide bonds. The highest BCUT2D eigenvalue weighted by Crippen LogP contribution is 2.29. The van der Waals surface area contributed by atoms with Crippen LogP contribution in [0.25, 0.3) is 0 Å². The third-order valence-corrected chi connectivity index (χ3v) is 4.10. The van der Waals surface area contributed by atoms with Gasteiger partial charge in [0.2, 0.25) is 0 Å². The molecule has 0 aliphatic heterocycles. The molecule has 0 unspecified atom stereocenters. The molecule has 1 rings (SSSR count). The molecular formula is C19H33ClIN3O2. The second-order valence-corrected chi connectivity index (χ2v) is 6.85. The lowest BCUT2D eigenvalue weighted by Gasteiger charge is -2.25. The van der Waals surface area contributed by atoms with Gasteiger partial charge in [-0.25, -0.2) is 0 Å². The number of nitrogens with one attached hydrogen (secondary N) is 2. The first-order chi connectivity index (χ1) is 12.0. The van der Waals surface area contributed by atoms with Gasteiger partial charge in [-0.05, 0) is 25.0 Å². The van der Waals surface area contributed by atoms with E-state index in [1.165, 1.54) is 0 Å². The Morgan fingerprint density at radius 1 is 1.15 bits per heavy atom. The second kappa shape index (κ2) is 14.5. The Kier molecular flexibility index (Phi) is 14.2. The van der Waals surface area contributed by atoms with Crippen molar-refractivity contribution < 1.29 is 9.47 Å². The molecule has 1 aromatic rings. The molecule has 5 nitrogen and oxygen atoms in total. The minimum atomic E-state index is -0.135. The molecule has 0 fully saturated rings. The van der Waals surface area contributed by atoms with E-state index in [2.05, 4.69) is 37.5 Å². The molecule has 0 saturated heterocycles. The zero-order valence-electron chi connectivity index (χ0n) is 16.3. The van der Waals surface area contributed by atoms with Gasteiger partial charge < -0.3 is 20.1 Å². The van der Waals surface area contributed by atoms with Gasteiger partial charge in [0, 0.05) is 37.2 Å². The molecule has 0 radical (unpaired) electrons. The van der Waals surface area contributed by atoms with Crippen molar-refractivity contribution in [3.63, 3.8) is 0 Å². The number of ether oxygens (including phenoxy) is 2. The SMILES string of the molecule is CCNC(=NCC(C)(C)c1ccccc1Cl)NCCCOCCOC.I. The monoisotopic (exact) mass is 497 g/mol. The molecule has 1 aromatic carbocycles. The van der Waals surface area contributed by atoms with Crippen LogP contribution in [0.5, 0.6) is 0 Å². The molecule has 0 bridgehead atoms. The van der Waals surface area contributed by atoms with Crippen LogP contribution in [-0.2, 0) is 14.9 Å². The number of halogens is 2. The molecule has 0 spiro atoms. The molecule has 0 heterocycles. The van der Waals surface area contributed by atoms with Gasteiger partial charge in [-0.15, -0.1) is 24.0 Å². The summed E-state index contributed by atoms with van der Waals surface area (Å²) >= 11 is 6.34. The Bertz CT molecular complexity index is 527. The number of methoxy groups -OCH3 is 1. The lowest BCUT2D eigenvalue weighted by molar-refractivity contribution is 0.0698. The predicted octanol–water partition coefficient (Wildman–Crippen LogP) is 3.84. The van der Waals surface area contributed by atoms with Crippen molar-refractivity contribution in [3.05, 3.63) is 34.9 Å². The zero-order chi connectivity index (χ0) is 18.5. The first-order valence-electron chi connectivity index (χ1n) is 8.85. The van der Waals surface area contributed by atoms with Crippen LogP contribution >= 0.6 is 35.6 Å². The highest BCUT2D eigenvalue weighted by atomic mass is 127. The van der Waals surface area contributed by atoms with E-state index in [9.17, 15) is 0 Å². The molecule has 150 valence electrons. The van der Waals surface area contributed by atoms with Crippen molar-refractivity contribution in [2.24, 2.45) is 4.99 Å². The summed E-state index contributed by atoms with van der Waals surface area (Å²) in [5.41, 5.74) is 0.979. The average molecular weight is 498 g/mol. The van der Waals surface area contributed by atoms with Crippen LogP contribution in [0.15, 0.2) is 29.3 Å². The topological polar surface area (TPSA) is 54.9 Å². The molecule has 0 atom stereocenters. The van der Waals surface area contributed by atoms with Gasteiger partial charge >= 0.3 is 0 Å². The van der Waals surface area contributed by atoms with Crippen molar-refractivity contribution in [3.8, 4) is 0 Å². The molecule has 26 heavy (non-hydrogen) atoms. The van der Waals surface area contributed by atoms with E-state index in [0.717, 1.165) is 36.1 Å². The van der Waals surface area contributed by atoms with E-state index >= 15 is 0 Å². The summed E-state index contributed by atoms with van der Waals surface area (Å²) in [7, 11) is 1.67. The van der Waals surface area contributed by atoms with Gasteiger partial charge in [-0.1, -0.05) is 43.6 Å². The lowest BCUT2D eigenvalue weighted by atomic mass is 9.85. The van der Waals surface area contributed by atoms with Crippen LogP contribution in [-0.4, -0.2) is 52.5 Å². The van der Waals surface area contributed by atoms with E-state index in [1.807, 2.05) is 18.2 Å². The molecular weight excluding hydrogens is 465 g/mol. The molecule has 2 N–H and O–H groups in total. The number of benzene rings is 1. The molecule has 7 heteroatoms. The normalized spacial score (nSPS) is 11.8. The number of guanidine groups is 1. The molecule has 0 aliphatic carbocycles. The van der Waals surface area contributed by atoms with Crippen LogP contribution in [0.1, 0.15) is 32.8 Å². The largest absolute Gasteiger partial charge is 0.382 e. The Balaban J connectivity index is 0.00000625. The van der Waals surface area contributed by atoms with Gasteiger partial charge in [0.15, 0.2) is 5.96 Å². The standard InChI is InChI=1S/C19H32ClN3O2.HI/c1-5-21-18(22-11-8-12-25-14-13-24-4)23-15-19(2,3)16-9-6-7-10-17(16)20;/h6-7,9-10H,5,8,11-15H2,1-4H3,(H2,21,22,23);1H. The van der Waals surface area contributed by atoms with E-state index in [4.69, 9.17) is 26.1 Å². The first-order valence-corrected chi connectivity index (χ1v) is 9.23. The Morgan fingerprint density at radius 2 is 1.88 bits per heavy atom. The second-order valence-electron chi connectivity index (χ2n) is 6.44. The number of hydrogen-bond donors (Lipinski definition) is 2. The average Bonchev–Trinajstić information content (AvgIpc) is 2.59. The van der Waals surface area contributed by atoms with Crippen LogP contribution in [0.2, 0.25) is 5.02 Å². The van der Waals surface area contributed by atoms with Crippen molar-refractivity contribution in [1.82, 2.24) is 10.6 Å². The van der Waals surface area contributed by atoms with Crippen LogP contribution in [0.3, 0.4) is 0 Å². The smallest absolute Gasteiger partial charge is 0.191 e. The van der Waals surface area contributed by atoms with Crippen LogP contribution < -0.4 is 10.6 Å². The van der Waals surface area contributed by atoms with E-state index in [1.54, 1.807) is 7.11 Å². The van der Waals surface area contributed by atoms with Gasteiger partial charge in [0.05, 0.1) is 19.8 Å².